The van der Waals surface area contributed by atoms with Crippen LogP contribution in [0, 0.1) is 58.4 Å². The number of hydrogen-bond acceptors (Lipinski definition) is 13. The number of nitrogens with zero attached hydrogens (tertiary/aromatic N) is 3. The highest BCUT2D eigenvalue weighted by Gasteiger charge is 2.35. The number of ether oxygens (including phenoxy) is 4. The minimum Gasteiger partial charge on any atom is -0.479 e. The van der Waals surface area contributed by atoms with Crippen molar-refractivity contribution in [2.24, 2.45) is 11.8 Å². The summed E-state index contributed by atoms with van der Waals surface area (Å²) in [5.41, 5.74) is 4.57. The van der Waals surface area contributed by atoms with Crippen LogP contribution in [0.5, 0.6) is 11.5 Å². The number of Topliss-reactive ketones (excluding diaryl/α,β-unsaturated/α-hetero) is 2. The molecule has 2 heterocycles. The number of amides is 4. The summed E-state index contributed by atoms with van der Waals surface area (Å²) in [6, 6.07) is 3.55. The number of nitrogens with one attached hydrogen (secondary N) is 2. The van der Waals surface area contributed by atoms with Crippen LogP contribution in [-0.4, -0.2) is 82.0 Å². The molecule has 0 aliphatic heterocycles. The van der Waals surface area contributed by atoms with E-state index < -0.39 is 124 Å². The Bertz CT molecular complexity index is 2670. The van der Waals surface area contributed by atoms with E-state index in [4.69, 9.17) is 24.7 Å². The Morgan fingerprint density at radius 3 is 1.25 bits per heavy atom. The summed E-state index contributed by atoms with van der Waals surface area (Å²) in [5, 5.41) is 5.28. The van der Waals surface area contributed by atoms with E-state index in [1.54, 1.807) is 47.6 Å². The molecule has 0 spiro atoms. The first-order valence-electron chi connectivity index (χ1n) is 24.1. The second-order valence-corrected chi connectivity index (χ2v) is 20.0. The van der Waals surface area contributed by atoms with Gasteiger partial charge in [0, 0.05) is 49.2 Å². The molecule has 412 valence electrons. The van der Waals surface area contributed by atoms with Crippen LogP contribution >= 0.6 is 0 Å². The van der Waals surface area contributed by atoms with Crippen LogP contribution in [0.15, 0.2) is 48.8 Å². The maximum absolute atomic E-state index is 14.1. The summed E-state index contributed by atoms with van der Waals surface area (Å²) < 4.78 is 130. The standard InChI is InChI=1S/C31H37F4N3O7.C21H21F4N3O3/c1-30(2,3)44-28(41)38(29(42)45-31(4,5)6)23-12-11-17(15-36-23)13-21(37-27(40)18-9-7-8-10-18)22(39)16-43-26-24(34)19(32)14-20(33)25(26)35;22-13-8-14(23)19(25)20(18(13)24)31-10-16(29)15(7-11-5-6-17(26)27-9-11)28-21(30)12-3-1-2-4-12/h11-12,14-15,18,21H,7-10,13,16H2,1-6H3,(H,37,40);5-6,8-9,12,15H,1-4,7,10H2,(H2,26,27)(H,28,30). The Labute approximate surface area is 432 Å². The number of aromatic nitrogens is 2. The third-order valence-corrected chi connectivity index (χ3v) is 11.6. The second-order valence-electron chi connectivity index (χ2n) is 20.0. The van der Waals surface area contributed by atoms with Gasteiger partial charge in [0.05, 0.1) is 12.1 Å². The summed E-state index contributed by atoms with van der Waals surface area (Å²) in [6.45, 7) is 7.75. The molecule has 0 bridgehead atoms. The number of hydrogen-bond donors (Lipinski definition) is 3. The Morgan fingerprint density at radius 1 is 0.579 bits per heavy atom. The molecule has 2 atom stereocenters. The monoisotopic (exact) mass is 1080 g/mol. The molecule has 6 rings (SSSR count). The molecule has 4 amide bonds. The topological polar surface area (TPSA) is 218 Å². The largest absolute Gasteiger partial charge is 0.479 e. The van der Waals surface area contributed by atoms with Crippen LogP contribution in [0.25, 0.3) is 0 Å². The quantitative estimate of drug-likeness (QED) is 0.0664. The molecule has 2 aliphatic carbocycles. The predicted molar refractivity (Wildman–Crippen MR) is 257 cm³/mol. The van der Waals surface area contributed by atoms with Crippen LogP contribution in [0.2, 0.25) is 0 Å². The molecule has 2 aromatic heterocycles. The SMILES string of the molecule is CC(C)(C)OC(=O)N(C(=O)OC(C)(C)C)c1ccc(CC(NC(=O)C2CCCC2)C(=O)COc2c(F)c(F)cc(F)c2F)cn1.Nc1ccc(CC(NC(=O)C2CCCC2)C(=O)COc2c(F)c(F)cc(F)c2F)cn1. The summed E-state index contributed by atoms with van der Waals surface area (Å²) in [6.07, 6.45) is 6.55. The van der Waals surface area contributed by atoms with Crippen LogP contribution in [0.1, 0.15) is 104 Å². The molecular formula is C52H58F8N6O10. The summed E-state index contributed by atoms with van der Waals surface area (Å²) in [4.78, 5) is 85.8. The predicted octanol–water partition coefficient (Wildman–Crippen LogP) is 9.27. The van der Waals surface area contributed by atoms with Gasteiger partial charge in [0.1, 0.15) is 36.1 Å². The lowest BCUT2D eigenvalue weighted by Gasteiger charge is -2.28. The van der Waals surface area contributed by atoms with Gasteiger partial charge in [0.2, 0.25) is 35.1 Å². The number of ketones is 2. The second kappa shape index (κ2) is 25.9. The Kier molecular flexibility index (Phi) is 20.3. The molecule has 2 saturated carbocycles. The fourth-order valence-electron chi connectivity index (χ4n) is 7.86. The fraction of sp³-hybridized carbons (Fsp3) is 0.462. The van der Waals surface area contributed by atoms with E-state index in [0.717, 1.165) is 25.7 Å². The van der Waals surface area contributed by atoms with E-state index in [0.29, 0.717) is 41.7 Å². The molecule has 24 heteroatoms. The smallest absolute Gasteiger partial charge is 0.425 e. The van der Waals surface area contributed by atoms with Crippen molar-refractivity contribution < 1.29 is 82.8 Å². The zero-order valence-corrected chi connectivity index (χ0v) is 42.4. The van der Waals surface area contributed by atoms with Crippen molar-refractivity contribution in [2.75, 3.05) is 23.8 Å². The number of carbonyl (C=O) groups excluding carboxylic acids is 6. The Balaban J connectivity index is 0.000000300. The van der Waals surface area contributed by atoms with Crippen molar-refractivity contribution in [1.82, 2.24) is 20.6 Å². The highest BCUT2D eigenvalue weighted by molar-refractivity contribution is 6.08. The molecule has 0 saturated heterocycles. The number of nitrogen functional groups attached to an aromatic ring is 1. The Hall–Kier alpha value is -7.40. The number of halogens is 8. The zero-order chi connectivity index (χ0) is 56.2. The number of imide groups is 1. The van der Waals surface area contributed by atoms with Gasteiger partial charge in [-0.05, 0) is 90.5 Å². The first-order chi connectivity index (χ1) is 35.6. The lowest BCUT2D eigenvalue weighted by atomic mass is 10.0. The molecule has 76 heavy (non-hydrogen) atoms. The van der Waals surface area contributed by atoms with E-state index in [1.165, 1.54) is 30.6 Å². The first-order valence-corrected chi connectivity index (χ1v) is 24.1. The summed E-state index contributed by atoms with van der Waals surface area (Å²) >= 11 is 0. The van der Waals surface area contributed by atoms with Crippen LogP contribution in [-0.2, 0) is 41.5 Å². The number of nitrogens with two attached hydrogens (primary N) is 1. The van der Waals surface area contributed by atoms with E-state index in [2.05, 4.69) is 20.6 Å². The van der Waals surface area contributed by atoms with Crippen LogP contribution in [0.4, 0.5) is 56.3 Å². The van der Waals surface area contributed by atoms with Gasteiger partial charge in [-0.1, -0.05) is 37.8 Å². The van der Waals surface area contributed by atoms with Gasteiger partial charge in [-0.25, -0.2) is 37.1 Å². The molecule has 4 aromatic rings. The zero-order valence-electron chi connectivity index (χ0n) is 42.4. The number of benzene rings is 2. The van der Waals surface area contributed by atoms with Crippen LogP contribution in [0.3, 0.4) is 0 Å². The van der Waals surface area contributed by atoms with Gasteiger partial charge >= 0.3 is 12.2 Å². The van der Waals surface area contributed by atoms with Crippen molar-refractivity contribution in [3.05, 3.63) is 106 Å². The normalized spacial score (nSPS) is 14.7. The lowest BCUT2D eigenvalue weighted by molar-refractivity contribution is -0.131. The molecule has 0 radical (unpaired) electrons. The molecular weight excluding hydrogens is 1020 g/mol. The molecule has 2 aliphatic rings. The highest BCUT2D eigenvalue weighted by Crippen LogP contribution is 2.30. The average molecular weight is 1080 g/mol. The van der Waals surface area contributed by atoms with Crippen molar-refractivity contribution >= 4 is 47.2 Å². The van der Waals surface area contributed by atoms with E-state index in [1.807, 2.05) is 0 Å². The molecule has 2 unspecified atom stereocenters. The van der Waals surface area contributed by atoms with E-state index in [9.17, 15) is 63.9 Å². The maximum atomic E-state index is 14.1. The van der Waals surface area contributed by atoms with Gasteiger partial charge in [-0.2, -0.15) is 22.5 Å². The highest BCUT2D eigenvalue weighted by atomic mass is 19.2. The third kappa shape index (κ3) is 16.8. The number of anilines is 2. The molecule has 4 N–H and O–H groups in total. The van der Waals surface area contributed by atoms with E-state index in [-0.39, 0.29) is 54.4 Å². The molecule has 16 nitrogen and oxygen atoms in total. The van der Waals surface area contributed by atoms with Crippen molar-refractivity contribution in [3.63, 3.8) is 0 Å². The minimum atomic E-state index is -1.81. The van der Waals surface area contributed by atoms with Gasteiger partial charge in [0.25, 0.3) is 0 Å². The fourth-order valence-corrected chi connectivity index (χ4v) is 7.86. The van der Waals surface area contributed by atoms with Crippen molar-refractivity contribution in [3.8, 4) is 11.5 Å². The number of rotatable bonds is 17. The summed E-state index contributed by atoms with van der Waals surface area (Å²) in [5.74, 6) is -19.3. The average Bonchev–Trinajstić information content (AvgIpc) is 4.09. The summed E-state index contributed by atoms with van der Waals surface area (Å²) in [7, 11) is 0. The molecule has 2 aromatic carbocycles. The Morgan fingerprint density at radius 2 is 0.934 bits per heavy atom. The van der Waals surface area contributed by atoms with Gasteiger partial charge in [0.15, 0.2) is 46.3 Å². The third-order valence-electron chi connectivity index (χ3n) is 11.6. The van der Waals surface area contributed by atoms with Crippen molar-refractivity contribution in [2.45, 2.75) is 129 Å². The number of pyridine rings is 2. The van der Waals surface area contributed by atoms with Gasteiger partial charge in [-0.3, -0.25) is 19.2 Å². The van der Waals surface area contributed by atoms with E-state index >= 15 is 0 Å². The lowest BCUT2D eigenvalue weighted by Crippen LogP contribution is -2.46. The van der Waals surface area contributed by atoms with Gasteiger partial charge in [-0.15, -0.1) is 0 Å². The number of carbonyl (C=O) groups is 6. The first kappa shape index (κ1) is 59.5. The molecule has 2 fully saturated rings. The van der Waals surface area contributed by atoms with Crippen molar-refractivity contribution in [1.29, 1.82) is 0 Å². The van der Waals surface area contributed by atoms with Crippen LogP contribution < -0.4 is 30.7 Å². The minimum absolute atomic E-state index is 0.00734. The maximum Gasteiger partial charge on any atom is 0.425 e. The van der Waals surface area contributed by atoms with Gasteiger partial charge < -0.3 is 35.3 Å².